The number of aryl methyl sites for hydroxylation is 2. The van der Waals surface area contributed by atoms with Crippen LogP contribution in [0.4, 0.5) is 0 Å². The van der Waals surface area contributed by atoms with Crippen molar-refractivity contribution in [2.24, 2.45) is 0 Å². The highest BCUT2D eigenvalue weighted by Crippen LogP contribution is 2.49. The van der Waals surface area contributed by atoms with Gasteiger partial charge in [-0.05, 0) is 97.4 Å². The smallest absolute Gasteiger partial charge is 0.266 e. The minimum Gasteiger partial charge on any atom is -0.268 e. The molecule has 0 aliphatic carbocycles. The topological polar surface area (TPSA) is 39.1 Å². The molecule has 208 valence electrons. The van der Waals surface area contributed by atoms with Gasteiger partial charge in [0.2, 0.25) is 0 Å². The van der Waals surface area contributed by atoms with Crippen LogP contribution in [0.5, 0.6) is 0 Å². The van der Waals surface area contributed by atoms with Crippen molar-refractivity contribution in [3.63, 3.8) is 0 Å². The summed E-state index contributed by atoms with van der Waals surface area (Å²) in [4.78, 5) is 29.4. The molecule has 42 heavy (non-hydrogen) atoms. The molecule has 0 radical (unpaired) electrons. The summed E-state index contributed by atoms with van der Waals surface area (Å²) >= 11 is 0. The second kappa shape index (κ2) is 7.77. The third kappa shape index (κ3) is 3.00. The molecule has 0 bridgehead atoms. The minimum absolute atomic E-state index is 0.191. The third-order valence-corrected chi connectivity index (χ3v) is 14.0. The van der Waals surface area contributed by atoms with Crippen LogP contribution in [0.25, 0.3) is 70.3 Å². The Morgan fingerprint density at radius 1 is 0.524 bits per heavy atom. The summed E-state index contributed by atoms with van der Waals surface area (Å²) in [6, 6.07) is 17.9. The number of nitrogens with zero attached hydrogens (tertiary/aromatic N) is 1. The largest absolute Gasteiger partial charge is 0.268 e. The van der Waals surface area contributed by atoms with Gasteiger partial charge in [-0.15, -0.1) is 0 Å². The van der Waals surface area contributed by atoms with Crippen molar-refractivity contribution in [1.29, 1.82) is 0 Å². The lowest BCUT2D eigenvalue weighted by atomic mass is 9.95. The van der Waals surface area contributed by atoms with Crippen molar-refractivity contribution in [2.75, 3.05) is 0 Å². The number of hydrogen-bond acceptors (Lipinski definition) is 2. The van der Waals surface area contributed by atoms with Crippen LogP contribution in [0.15, 0.2) is 58.1 Å². The maximum absolute atomic E-state index is 14.7. The van der Waals surface area contributed by atoms with Gasteiger partial charge in [0, 0.05) is 0 Å². The molecule has 5 heteroatoms. The van der Waals surface area contributed by atoms with E-state index >= 15 is 0 Å². The molecule has 0 N–H and O–H groups in total. The first-order valence-electron chi connectivity index (χ1n) is 15.0. The maximum atomic E-state index is 14.7. The van der Waals surface area contributed by atoms with Gasteiger partial charge < -0.3 is 0 Å². The molecule has 0 saturated carbocycles. The molecular weight excluding hydrogens is 547 g/mol. The molecule has 0 unspecified atom stereocenters. The molecule has 7 aromatic carbocycles. The fraction of sp³-hybridized carbons (Fsp3) is 0.243. The molecule has 8 rings (SSSR count). The summed E-state index contributed by atoms with van der Waals surface area (Å²) in [7, 11) is -3.66. The van der Waals surface area contributed by atoms with Crippen LogP contribution in [0.1, 0.15) is 16.7 Å². The molecule has 3 nitrogen and oxygen atoms in total. The van der Waals surface area contributed by atoms with Gasteiger partial charge in [0.05, 0.1) is 32.6 Å². The van der Waals surface area contributed by atoms with E-state index in [9.17, 15) is 9.59 Å². The Balaban J connectivity index is 1.76. The monoisotopic (exact) mass is 581 g/mol. The van der Waals surface area contributed by atoms with E-state index in [2.05, 4.69) is 88.7 Å². The predicted molar refractivity (Wildman–Crippen MR) is 188 cm³/mol. The van der Waals surface area contributed by atoms with Gasteiger partial charge in [-0.3, -0.25) is 9.59 Å². The zero-order chi connectivity index (χ0) is 29.8. The van der Waals surface area contributed by atoms with Crippen LogP contribution in [-0.2, 0) is 0 Å². The van der Waals surface area contributed by atoms with E-state index in [0.29, 0.717) is 16.5 Å². The minimum atomic E-state index is -1.83. The average Bonchev–Trinajstić information content (AvgIpc) is 3.40. The lowest BCUT2D eigenvalue weighted by Gasteiger charge is -2.21. The highest BCUT2D eigenvalue weighted by molar-refractivity contribution is 6.91. The molecule has 0 aliphatic rings. The van der Waals surface area contributed by atoms with Crippen LogP contribution < -0.4 is 21.5 Å². The van der Waals surface area contributed by atoms with E-state index in [-0.39, 0.29) is 11.1 Å². The Bertz CT molecular complexity index is 2400. The van der Waals surface area contributed by atoms with Crippen LogP contribution in [-0.4, -0.2) is 20.7 Å². The molecule has 8 aromatic rings. The normalized spacial score (nSPS) is 13.5. The Morgan fingerprint density at radius 2 is 0.976 bits per heavy atom. The van der Waals surface area contributed by atoms with Gasteiger partial charge in [0.25, 0.3) is 11.1 Å². The molecule has 0 amide bonds. The Morgan fingerprint density at radius 3 is 1.43 bits per heavy atom. The Kier molecular flexibility index (Phi) is 4.79. The van der Waals surface area contributed by atoms with E-state index in [1.165, 1.54) is 58.0 Å². The van der Waals surface area contributed by atoms with E-state index in [0.717, 1.165) is 27.5 Å². The molecule has 0 fully saturated rings. The standard InChI is InChI=1S/C37H35NO2Si2/c1-18-14-19(2)20(3)26(15-18)38-36(39)34-24-16-27(41(4,5)6)22-12-10-21-11-13-23-28(42(7,8)9)17-25(35(34)37(38)40)33-31(23)29(21)30(22)32(24)33/h10-17H,1-9H3. The van der Waals surface area contributed by atoms with Gasteiger partial charge in [0.1, 0.15) is 0 Å². The van der Waals surface area contributed by atoms with Gasteiger partial charge in [-0.1, -0.05) is 92.1 Å². The zero-order valence-electron chi connectivity index (χ0n) is 25.9. The predicted octanol–water partition coefficient (Wildman–Crippen LogP) is 7.88. The first-order valence-corrected chi connectivity index (χ1v) is 22.0. The number of fused-ring (bicyclic) bond motifs is 3. The lowest BCUT2D eigenvalue weighted by Crippen LogP contribution is -2.38. The van der Waals surface area contributed by atoms with Crippen molar-refractivity contribution in [1.82, 2.24) is 4.57 Å². The van der Waals surface area contributed by atoms with Crippen molar-refractivity contribution in [3.05, 3.63) is 85.9 Å². The van der Waals surface area contributed by atoms with Crippen molar-refractivity contribution >= 4 is 91.2 Å². The van der Waals surface area contributed by atoms with Gasteiger partial charge >= 0.3 is 0 Å². The summed E-state index contributed by atoms with van der Waals surface area (Å²) in [6.07, 6.45) is 0. The van der Waals surface area contributed by atoms with Crippen LogP contribution >= 0.6 is 0 Å². The van der Waals surface area contributed by atoms with Crippen molar-refractivity contribution in [2.45, 2.75) is 60.1 Å². The summed E-state index contributed by atoms with van der Waals surface area (Å²) in [5.74, 6) is 0. The fourth-order valence-electron chi connectivity index (χ4n) is 7.90. The molecule has 1 heterocycles. The van der Waals surface area contributed by atoms with Gasteiger partial charge in [-0.2, -0.15) is 0 Å². The van der Waals surface area contributed by atoms with Crippen molar-refractivity contribution < 1.29 is 0 Å². The van der Waals surface area contributed by atoms with Crippen LogP contribution in [0.2, 0.25) is 39.3 Å². The SMILES string of the molecule is Cc1cc(C)c(C)c(-n2c(=O)c3c4cc([Si](C)(C)C)c5ccc6ccc7c([Si](C)(C)C)cc(c3c2=O)c2c7c6c5c42)c1. The molecule has 0 atom stereocenters. The van der Waals surface area contributed by atoms with Gasteiger partial charge in [0.15, 0.2) is 0 Å². The summed E-state index contributed by atoms with van der Waals surface area (Å²) < 4.78 is 1.48. The maximum Gasteiger partial charge on any atom is 0.266 e. The second-order valence-electron chi connectivity index (χ2n) is 14.7. The third-order valence-electron chi connectivity index (χ3n) is 9.90. The number of rotatable bonds is 3. The van der Waals surface area contributed by atoms with Crippen LogP contribution in [0, 0.1) is 20.8 Å². The molecule has 0 spiro atoms. The van der Waals surface area contributed by atoms with E-state index in [4.69, 9.17) is 0 Å². The number of aromatic nitrogens is 1. The summed E-state index contributed by atoms with van der Waals surface area (Å²) in [6.45, 7) is 20.4. The lowest BCUT2D eigenvalue weighted by molar-refractivity contribution is 0.970. The van der Waals surface area contributed by atoms with Crippen LogP contribution in [0.3, 0.4) is 0 Å². The first kappa shape index (κ1) is 25.9. The van der Waals surface area contributed by atoms with Gasteiger partial charge in [-0.25, -0.2) is 4.57 Å². The zero-order valence-corrected chi connectivity index (χ0v) is 27.9. The summed E-state index contributed by atoms with van der Waals surface area (Å²) in [5, 5.41) is 15.9. The molecule has 0 saturated heterocycles. The highest BCUT2D eigenvalue weighted by atomic mass is 28.3. The summed E-state index contributed by atoms with van der Waals surface area (Å²) in [5.41, 5.74) is 3.43. The molecule has 1 aromatic heterocycles. The Hall–Kier alpha value is -3.81. The van der Waals surface area contributed by atoms with E-state index < -0.39 is 16.1 Å². The van der Waals surface area contributed by atoms with Crippen molar-refractivity contribution in [3.8, 4) is 5.69 Å². The quantitative estimate of drug-likeness (QED) is 0.157. The van der Waals surface area contributed by atoms with E-state index in [1.54, 1.807) is 0 Å². The Labute approximate surface area is 246 Å². The first-order chi connectivity index (χ1) is 19.7. The number of benzene rings is 6. The highest BCUT2D eigenvalue weighted by Gasteiger charge is 2.32. The number of hydrogen-bond donors (Lipinski definition) is 0. The molecule has 0 aliphatic heterocycles. The van der Waals surface area contributed by atoms with E-state index in [1.807, 2.05) is 19.9 Å². The second-order valence-corrected chi connectivity index (χ2v) is 24.8. The fourth-order valence-corrected chi connectivity index (χ4v) is 11.1. The average molecular weight is 582 g/mol. The molecular formula is C37H35NO2Si2.